The summed E-state index contributed by atoms with van der Waals surface area (Å²) in [5.74, 6) is -0.619. The van der Waals surface area contributed by atoms with Crippen molar-refractivity contribution in [1.82, 2.24) is 25.6 Å². The van der Waals surface area contributed by atoms with Crippen molar-refractivity contribution in [1.29, 1.82) is 0 Å². The van der Waals surface area contributed by atoms with Crippen molar-refractivity contribution >= 4 is 29.4 Å². The molecule has 1 aromatic carbocycles. The Kier molecular flexibility index (Phi) is 7.33. The Morgan fingerprint density at radius 2 is 1.66 bits per heavy atom. The van der Waals surface area contributed by atoms with Gasteiger partial charge in [0.2, 0.25) is 5.91 Å². The molecule has 0 radical (unpaired) electrons. The molecule has 2 aliphatic heterocycles. The van der Waals surface area contributed by atoms with E-state index in [0.29, 0.717) is 19.4 Å². The Balaban J connectivity index is 1.21. The number of hydrogen-bond acceptors (Lipinski definition) is 5. The molecule has 4 rings (SSSR count). The molecule has 0 bridgehead atoms. The van der Waals surface area contributed by atoms with E-state index in [1.807, 2.05) is 12.1 Å². The van der Waals surface area contributed by atoms with Gasteiger partial charge in [0, 0.05) is 37.6 Å². The standard InChI is InChI=1S/C23H32ClN5O3/c24-19-7-5-18(6-8-19)17-28-13-4-12-27(15-16-28)14-9-20(30)26-29-21(31)23(25-22(29)32)10-2-1-3-11-23/h5-8H,1-4,9-17H2,(H,25,32)(H,26,30). The van der Waals surface area contributed by atoms with E-state index < -0.39 is 11.6 Å². The van der Waals surface area contributed by atoms with Crippen molar-refractivity contribution in [3.63, 3.8) is 0 Å². The van der Waals surface area contributed by atoms with Crippen LogP contribution in [0.5, 0.6) is 0 Å². The number of nitrogens with one attached hydrogen (secondary N) is 2. The Morgan fingerprint density at radius 3 is 2.41 bits per heavy atom. The number of hydrazine groups is 1. The lowest BCUT2D eigenvalue weighted by Gasteiger charge is -2.30. The molecule has 2 saturated heterocycles. The molecule has 0 aromatic heterocycles. The number of carbonyl (C=O) groups is 3. The number of amides is 4. The summed E-state index contributed by atoms with van der Waals surface area (Å²) in [7, 11) is 0. The first-order chi connectivity index (χ1) is 15.4. The van der Waals surface area contributed by atoms with E-state index >= 15 is 0 Å². The minimum atomic E-state index is -0.819. The molecule has 0 atom stereocenters. The fourth-order valence-electron chi connectivity index (χ4n) is 4.91. The molecule has 2 heterocycles. The van der Waals surface area contributed by atoms with Crippen molar-refractivity contribution < 1.29 is 14.4 Å². The van der Waals surface area contributed by atoms with Crippen molar-refractivity contribution in [3.05, 3.63) is 34.9 Å². The fourth-order valence-corrected chi connectivity index (χ4v) is 5.04. The molecule has 8 nitrogen and oxygen atoms in total. The van der Waals surface area contributed by atoms with Crippen LogP contribution >= 0.6 is 11.6 Å². The SMILES string of the molecule is O=C(CCN1CCCN(Cc2ccc(Cl)cc2)CC1)NN1C(=O)NC2(CCCCC2)C1=O. The normalized spacial score (nSPS) is 22.1. The highest BCUT2D eigenvalue weighted by Gasteiger charge is 2.52. The van der Waals surface area contributed by atoms with Gasteiger partial charge >= 0.3 is 6.03 Å². The molecule has 1 spiro atoms. The molecular weight excluding hydrogens is 430 g/mol. The maximum absolute atomic E-state index is 12.8. The Bertz CT molecular complexity index is 841. The summed E-state index contributed by atoms with van der Waals surface area (Å²) in [6, 6.07) is 7.44. The molecule has 1 aromatic rings. The number of imide groups is 1. The first-order valence-corrected chi connectivity index (χ1v) is 12.0. The second-order valence-corrected chi connectivity index (χ2v) is 9.53. The van der Waals surface area contributed by atoms with Gasteiger partial charge < -0.3 is 10.2 Å². The van der Waals surface area contributed by atoms with E-state index in [1.54, 1.807) is 0 Å². The van der Waals surface area contributed by atoms with Crippen molar-refractivity contribution in [2.75, 3.05) is 32.7 Å². The van der Waals surface area contributed by atoms with Gasteiger partial charge in [0.25, 0.3) is 5.91 Å². The topological polar surface area (TPSA) is 85.0 Å². The van der Waals surface area contributed by atoms with Gasteiger partial charge in [-0.2, -0.15) is 5.01 Å². The number of nitrogens with zero attached hydrogens (tertiary/aromatic N) is 3. The van der Waals surface area contributed by atoms with E-state index in [-0.39, 0.29) is 18.2 Å². The van der Waals surface area contributed by atoms with Crippen molar-refractivity contribution in [3.8, 4) is 0 Å². The van der Waals surface area contributed by atoms with Crippen LogP contribution in [0.3, 0.4) is 0 Å². The van der Waals surface area contributed by atoms with Gasteiger partial charge in [-0.25, -0.2) is 4.79 Å². The summed E-state index contributed by atoms with van der Waals surface area (Å²) in [6.45, 7) is 5.24. The Labute approximate surface area is 194 Å². The molecule has 0 unspecified atom stereocenters. The quantitative estimate of drug-likeness (QED) is 0.636. The van der Waals surface area contributed by atoms with Crippen LogP contribution in [0.1, 0.15) is 50.5 Å². The maximum atomic E-state index is 12.8. The van der Waals surface area contributed by atoms with Gasteiger partial charge in [-0.15, -0.1) is 0 Å². The minimum Gasteiger partial charge on any atom is -0.322 e. The highest BCUT2D eigenvalue weighted by molar-refractivity contribution is 6.30. The zero-order valence-corrected chi connectivity index (χ0v) is 19.2. The zero-order chi connectivity index (χ0) is 22.6. The second kappa shape index (κ2) is 10.2. The molecule has 3 fully saturated rings. The van der Waals surface area contributed by atoms with Crippen LogP contribution in [-0.4, -0.2) is 70.9 Å². The van der Waals surface area contributed by atoms with Gasteiger partial charge in [0.15, 0.2) is 0 Å². The summed E-state index contributed by atoms with van der Waals surface area (Å²) >= 11 is 5.97. The molecule has 3 aliphatic rings. The van der Waals surface area contributed by atoms with Gasteiger partial charge in [-0.3, -0.25) is 19.9 Å². The predicted molar refractivity (Wildman–Crippen MR) is 122 cm³/mol. The number of rotatable bonds is 6. The van der Waals surface area contributed by atoms with E-state index in [0.717, 1.165) is 68.4 Å². The van der Waals surface area contributed by atoms with Crippen LogP contribution in [0.4, 0.5) is 4.79 Å². The van der Waals surface area contributed by atoms with E-state index in [9.17, 15) is 14.4 Å². The lowest BCUT2D eigenvalue weighted by atomic mass is 9.82. The molecule has 32 heavy (non-hydrogen) atoms. The monoisotopic (exact) mass is 461 g/mol. The lowest BCUT2D eigenvalue weighted by Crippen LogP contribution is -2.51. The van der Waals surface area contributed by atoms with Gasteiger partial charge in [0.05, 0.1) is 0 Å². The van der Waals surface area contributed by atoms with Crippen LogP contribution < -0.4 is 10.7 Å². The van der Waals surface area contributed by atoms with Gasteiger partial charge in [-0.1, -0.05) is 43.0 Å². The number of urea groups is 1. The maximum Gasteiger partial charge on any atom is 0.344 e. The average molecular weight is 462 g/mol. The third kappa shape index (κ3) is 5.42. The van der Waals surface area contributed by atoms with Gasteiger partial charge in [-0.05, 0) is 50.0 Å². The minimum absolute atomic E-state index is 0.251. The fraction of sp³-hybridized carbons (Fsp3) is 0.609. The molecule has 9 heteroatoms. The Hall–Kier alpha value is -2.16. The summed E-state index contributed by atoms with van der Waals surface area (Å²) in [6.07, 6.45) is 5.47. The van der Waals surface area contributed by atoms with Gasteiger partial charge in [0.1, 0.15) is 5.54 Å². The molecule has 4 amide bonds. The molecular formula is C23H32ClN5O3. The molecule has 1 aliphatic carbocycles. The van der Waals surface area contributed by atoms with Crippen LogP contribution in [0.15, 0.2) is 24.3 Å². The van der Waals surface area contributed by atoms with E-state index in [2.05, 4.69) is 32.7 Å². The van der Waals surface area contributed by atoms with Crippen LogP contribution in [0.2, 0.25) is 5.02 Å². The van der Waals surface area contributed by atoms with Crippen molar-refractivity contribution in [2.45, 2.75) is 57.0 Å². The van der Waals surface area contributed by atoms with Crippen LogP contribution in [-0.2, 0) is 16.1 Å². The largest absolute Gasteiger partial charge is 0.344 e. The first kappa shape index (κ1) is 23.0. The number of benzene rings is 1. The number of hydrogen-bond donors (Lipinski definition) is 2. The van der Waals surface area contributed by atoms with Crippen LogP contribution in [0.25, 0.3) is 0 Å². The lowest BCUT2D eigenvalue weighted by molar-refractivity contribution is -0.140. The zero-order valence-electron chi connectivity index (χ0n) is 18.4. The van der Waals surface area contributed by atoms with Crippen molar-refractivity contribution in [2.24, 2.45) is 0 Å². The summed E-state index contributed by atoms with van der Waals surface area (Å²) in [5, 5.41) is 4.45. The summed E-state index contributed by atoms with van der Waals surface area (Å²) < 4.78 is 0. The number of carbonyl (C=O) groups excluding carboxylic acids is 3. The Morgan fingerprint density at radius 1 is 0.969 bits per heavy atom. The molecule has 174 valence electrons. The van der Waals surface area contributed by atoms with E-state index in [1.165, 1.54) is 5.56 Å². The summed E-state index contributed by atoms with van der Waals surface area (Å²) in [4.78, 5) is 42.3. The molecule has 2 N–H and O–H groups in total. The smallest absolute Gasteiger partial charge is 0.322 e. The molecule has 1 saturated carbocycles. The highest BCUT2D eigenvalue weighted by Crippen LogP contribution is 2.33. The number of halogens is 1. The highest BCUT2D eigenvalue weighted by atomic mass is 35.5. The average Bonchev–Trinajstić information content (AvgIpc) is 2.93. The van der Waals surface area contributed by atoms with Crippen LogP contribution in [0, 0.1) is 0 Å². The first-order valence-electron chi connectivity index (χ1n) is 11.6. The summed E-state index contributed by atoms with van der Waals surface area (Å²) in [5.41, 5.74) is 2.96. The second-order valence-electron chi connectivity index (χ2n) is 9.10. The third-order valence-electron chi connectivity index (χ3n) is 6.76. The predicted octanol–water partition coefficient (Wildman–Crippen LogP) is 2.52. The third-order valence-corrected chi connectivity index (χ3v) is 7.01. The van der Waals surface area contributed by atoms with E-state index in [4.69, 9.17) is 11.6 Å².